The summed E-state index contributed by atoms with van der Waals surface area (Å²) in [5.41, 5.74) is 1.18. The van der Waals surface area contributed by atoms with Crippen molar-refractivity contribution in [2.45, 2.75) is 32.9 Å². The van der Waals surface area contributed by atoms with Crippen LogP contribution in [0.2, 0.25) is 0 Å². The molecular weight excluding hydrogens is 334 g/mol. The van der Waals surface area contributed by atoms with E-state index in [9.17, 15) is 0 Å². The van der Waals surface area contributed by atoms with Crippen LogP contribution in [0.5, 0.6) is 5.75 Å². The van der Waals surface area contributed by atoms with Crippen LogP contribution in [0.15, 0.2) is 34.8 Å². The van der Waals surface area contributed by atoms with E-state index in [0.717, 1.165) is 16.6 Å². The minimum absolute atomic E-state index is 0.261. The third-order valence-corrected chi connectivity index (χ3v) is 5.00. The minimum atomic E-state index is 0.261. The summed E-state index contributed by atoms with van der Waals surface area (Å²) >= 11 is 5.35. The van der Waals surface area contributed by atoms with Gasteiger partial charge in [-0.3, -0.25) is 0 Å². The zero-order chi connectivity index (χ0) is 14.5. The Morgan fingerprint density at radius 2 is 2.00 bits per heavy atom. The molecule has 2 nitrogen and oxygen atoms in total. The van der Waals surface area contributed by atoms with Crippen LogP contribution in [0, 0.1) is 0 Å². The molecule has 0 aliphatic heterocycles. The van der Waals surface area contributed by atoms with Crippen LogP contribution in [0.1, 0.15) is 35.2 Å². The number of rotatable bonds is 6. The lowest BCUT2D eigenvalue weighted by atomic mass is 10.1. The van der Waals surface area contributed by atoms with E-state index in [4.69, 9.17) is 4.74 Å². The fourth-order valence-corrected chi connectivity index (χ4v) is 3.23. The standard InChI is InChI=1S/C16H20BrNOS/c1-4-13-6-7-14(20-13)10-19-16-8-5-12(17)9-15(16)11(2)18-3/h5-9,11,18H,4,10H2,1-3H3. The summed E-state index contributed by atoms with van der Waals surface area (Å²) in [6.45, 7) is 4.95. The van der Waals surface area contributed by atoms with Gasteiger partial charge >= 0.3 is 0 Å². The second kappa shape index (κ2) is 7.25. The molecule has 1 unspecified atom stereocenters. The Morgan fingerprint density at radius 3 is 2.65 bits per heavy atom. The summed E-state index contributed by atoms with van der Waals surface area (Å²) in [7, 11) is 1.96. The topological polar surface area (TPSA) is 21.3 Å². The first-order valence-electron chi connectivity index (χ1n) is 6.81. The molecule has 0 aliphatic carbocycles. The average molecular weight is 354 g/mol. The molecule has 108 valence electrons. The van der Waals surface area contributed by atoms with E-state index in [1.807, 2.05) is 30.5 Å². The predicted molar refractivity (Wildman–Crippen MR) is 89.6 cm³/mol. The summed E-state index contributed by atoms with van der Waals surface area (Å²) in [5, 5.41) is 3.26. The van der Waals surface area contributed by atoms with Gasteiger partial charge < -0.3 is 10.1 Å². The highest BCUT2D eigenvalue weighted by Gasteiger charge is 2.11. The zero-order valence-corrected chi connectivity index (χ0v) is 14.5. The fourth-order valence-electron chi connectivity index (χ4n) is 1.98. The molecule has 0 radical (unpaired) electrons. The summed E-state index contributed by atoms with van der Waals surface area (Å²) in [4.78, 5) is 2.68. The van der Waals surface area contributed by atoms with Crippen molar-refractivity contribution in [1.29, 1.82) is 0 Å². The second-order valence-corrected chi connectivity index (χ2v) is 6.87. The molecule has 2 rings (SSSR count). The van der Waals surface area contributed by atoms with E-state index in [1.54, 1.807) is 0 Å². The molecule has 1 aromatic heterocycles. The van der Waals surface area contributed by atoms with Crippen molar-refractivity contribution >= 4 is 27.3 Å². The lowest BCUT2D eigenvalue weighted by Crippen LogP contribution is -2.13. The summed E-state index contributed by atoms with van der Waals surface area (Å²) in [6, 6.07) is 10.8. The molecule has 20 heavy (non-hydrogen) atoms. The largest absolute Gasteiger partial charge is 0.488 e. The molecule has 2 aromatic rings. The average Bonchev–Trinajstić information content (AvgIpc) is 2.93. The van der Waals surface area contributed by atoms with Crippen LogP contribution in [0.4, 0.5) is 0 Å². The van der Waals surface area contributed by atoms with Crippen molar-refractivity contribution in [1.82, 2.24) is 5.32 Å². The molecule has 0 fully saturated rings. The number of benzene rings is 1. The van der Waals surface area contributed by atoms with E-state index in [1.165, 1.54) is 15.3 Å². The van der Waals surface area contributed by atoms with Gasteiger partial charge in [0.1, 0.15) is 12.4 Å². The predicted octanol–water partition coefficient (Wildman–Crippen LogP) is 4.93. The highest BCUT2D eigenvalue weighted by atomic mass is 79.9. The number of hydrogen-bond acceptors (Lipinski definition) is 3. The lowest BCUT2D eigenvalue weighted by Gasteiger charge is -2.16. The van der Waals surface area contributed by atoms with E-state index >= 15 is 0 Å². The molecule has 1 N–H and O–H groups in total. The second-order valence-electron chi connectivity index (χ2n) is 4.70. The number of hydrogen-bond donors (Lipinski definition) is 1. The fraction of sp³-hybridized carbons (Fsp3) is 0.375. The Hall–Kier alpha value is -0.840. The number of aryl methyl sites for hydroxylation is 1. The SMILES string of the molecule is CCc1ccc(COc2ccc(Br)cc2C(C)NC)s1. The van der Waals surface area contributed by atoms with Gasteiger partial charge in [-0.05, 0) is 50.7 Å². The van der Waals surface area contributed by atoms with E-state index < -0.39 is 0 Å². The Morgan fingerprint density at radius 1 is 1.25 bits per heavy atom. The van der Waals surface area contributed by atoms with Gasteiger partial charge in [0.2, 0.25) is 0 Å². The number of ether oxygens (including phenoxy) is 1. The minimum Gasteiger partial charge on any atom is -0.488 e. The Kier molecular flexibility index (Phi) is 5.64. The van der Waals surface area contributed by atoms with E-state index in [-0.39, 0.29) is 6.04 Å². The molecule has 0 amide bonds. The van der Waals surface area contributed by atoms with Gasteiger partial charge in [0.25, 0.3) is 0 Å². The third-order valence-electron chi connectivity index (χ3n) is 3.31. The zero-order valence-electron chi connectivity index (χ0n) is 12.1. The Balaban J connectivity index is 2.12. The van der Waals surface area contributed by atoms with Crippen molar-refractivity contribution in [2.24, 2.45) is 0 Å². The van der Waals surface area contributed by atoms with Gasteiger partial charge in [-0.2, -0.15) is 0 Å². The van der Waals surface area contributed by atoms with Crippen molar-refractivity contribution < 1.29 is 4.74 Å². The first-order chi connectivity index (χ1) is 9.63. The lowest BCUT2D eigenvalue weighted by molar-refractivity contribution is 0.303. The maximum absolute atomic E-state index is 6.01. The molecule has 1 heterocycles. The highest BCUT2D eigenvalue weighted by Crippen LogP contribution is 2.29. The normalized spacial score (nSPS) is 12.4. The van der Waals surface area contributed by atoms with Crippen LogP contribution >= 0.6 is 27.3 Å². The van der Waals surface area contributed by atoms with Crippen molar-refractivity contribution in [3.05, 3.63) is 50.1 Å². The molecule has 0 spiro atoms. The van der Waals surface area contributed by atoms with E-state index in [2.05, 4.69) is 53.3 Å². The van der Waals surface area contributed by atoms with Crippen LogP contribution in [0.3, 0.4) is 0 Å². The first kappa shape index (κ1) is 15.5. The van der Waals surface area contributed by atoms with Crippen LogP contribution < -0.4 is 10.1 Å². The quantitative estimate of drug-likeness (QED) is 0.794. The van der Waals surface area contributed by atoms with E-state index in [0.29, 0.717) is 6.61 Å². The van der Waals surface area contributed by atoms with Crippen LogP contribution in [0.25, 0.3) is 0 Å². The molecule has 1 aromatic carbocycles. The molecule has 4 heteroatoms. The van der Waals surface area contributed by atoms with Gasteiger partial charge in [-0.1, -0.05) is 22.9 Å². The van der Waals surface area contributed by atoms with Gasteiger partial charge in [0.05, 0.1) is 0 Å². The van der Waals surface area contributed by atoms with Crippen LogP contribution in [-0.2, 0) is 13.0 Å². The molecule has 0 saturated carbocycles. The highest BCUT2D eigenvalue weighted by molar-refractivity contribution is 9.10. The van der Waals surface area contributed by atoms with Gasteiger partial charge in [-0.15, -0.1) is 11.3 Å². The Labute approximate surface area is 133 Å². The molecule has 0 bridgehead atoms. The number of nitrogens with one attached hydrogen (secondary N) is 1. The summed E-state index contributed by atoms with van der Waals surface area (Å²) in [6.07, 6.45) is 1.09. The molecular formula is C16H20BrNOS. The molecule has 0 aliphatic rings. The smallest absolute Gasteiger partial charge is 0.124 e. The van der Waals surface area contributed by atoms with Crippen molar-refractivity contribution in [2.75, 3.05) is 7.05 Å². The monoisotopic (exact) mass is 353 g/mol. The molecule has 1 atom stereocenters. The van der Waals surface area contributed by atoms with Gasteiger partial charge in [0.15, 0.2) is 0 Å². The Bertz CT molecular complexity index is 567. The summed E-state index contributed by atoms with van der Waals surface area (Å²) in [5.74, 6) is 0.946. The summed E-state index contributed by atoms with van der Waals surface area (Å²) < 4.78 is 7.08. The number of halogens is 1. The maximum atomic E-state index is 6.01. The first-order valence-corrected chi connectivity index (χ1v) is 8.42. The van der Waals surface area contributed by atoms with Crippen molar-refractivity contribution in [3.63, 3.8) is 0 Å². The van der Waals surface area contributed by atoms with Crippen molar-refractivity contribution in [3.8, 4) is 5.75 Å². The number of thiophene rings is 1. The molecule has 0 saturated heterocycles. The maximum Gasteiger partial charge on any atom is 0.124 e. The van der Waals surface area contributed by atoms with Gasteiger partial charge in [0, 0.05) is 25.8 Å². The third kappa shape index (κ3) is 3.84. The van der Waals surface area contributed by atoms with Crippen LogP contribution in [-0.4, -0.2) is 7.05 Å². The van der Waals surface area contributed by atoms with Gasteiger partial charge in [-0.25, -0.2) is 0 Å².